The average molecular weight is 574 g/mol. The van der Waals surface area contributed by atoms with Gasteiger partial charge in [-0.1, -0.05) is 80.0 Å². The summed E-state index contributed by atoms with van der Waals surface area (Å²) in [5.41, 5.74) is 16.2. The van der Waals surface area contributed by atoms with Crippen LogP contribution in [-0.2, 0) is 6.42 Å². The largest absolute Gasteiger partial charge is 0.251 e. The Kier molecular flexibility index (Phi) is 9.26. The Hall–Kier alpha value is -3.07. The second kappa shape index (κ2) is 13.3. The van der Waals surface area contributed by atoms with Crippen molar-refractivity contribution in [2.24, 2.45) is 9.98 Å². The van der Waals surface area contributed by atoms with Gasteiger partial charge in [0.2, 0.25) is 0 Å². The summed E-state index contributed by atoms with van der Waals surface area (Å²) in [5.74, 6) is 1.25. The molecule has 43 heavy (non-hydrogen) atoms. The Balaban J connectivity index is 1.41. The van der Waals surface area contributed by atoms with Gasteiger partial charge in [0.15, 0.2) is 0 Å². The molecule has 2 saturated carbocycles. The van der Waals surface area contributed by atoms with Crippen molar-refractivity contribution >= 4 is 22.8 Å². The van der Waals surface area contributed by atoms with Gasteiger partial charge in [0.1, 0.15) is 0 Å². The summed E-state index contributed by atoms with van der Waals surface area (Å²) in [6.07, 6.45) is 17.6. The van der Waals surface area contributed by atoms with Gasteiger partial charge in [0, 0.05) is 0 Å². The van der Waals surface area contributed by atoms with E-state index in [0.29, 0.717) is 11.8 Å². The van der Waals surface area contributed by atoms with Crippen LogP contribution in [0.5, 0.6) is 0 Å². The molecule has 3 nitrogen and oxygen atoms in total. The maximum Gasteiger partial charge on any atom is 0.0884 e. The van der Waals surface area contributed by atoms with E-state index in [1.54, 1.807) is 0 Å². The first-order chi connectivity index (χ1) is 20.9. The fraction of sp³-hybridized carbons (Fsp3) is 0.525. The van der Waals surface area contributed by atoms with E-state index in [4.69, 9.17) is 15.0 Å². The van der Waals surface area contributed by atoms with E-state index in [2.05, 4.69) is 71.0 Å². The van der Waals surface area contributed by atoms with E-state index in [-0.39, 0.29) is 0 Å². The van der Waals surface area contributed by atoms with Crippen molar-refractivity contribution in [1.29, 1.82) is 0 Å². The SMILES string of the molecule is CC(=Nc1c(C)cc(C)cc1C1CCCCC1)c1ccc2c(n1)C(=Nc1c(C)cc(C)cc1C1CCCCC1)CCCC2. The second-order valence-electron chi connectivity index (χ2n) is 13.9. The van der Waals surface area contributed by atoms with Crippen molar-refractivity contribution in [3.63, 3.8) is 0 Å². The molecule has 1 heterocycles. The predicted octanol–water partition coefficient (Wildman–Crippen LogP) is 11.4. The maximum atomic E-state index is 5.53. The lowest BCUT2D eigenvalue weighted by atomic mass is 9.82. The highest BCUT2D eigenvalue weighted by Gasteiger charge is 2.24. The lowest BCUT2D eigenvalue weighted by molar-refractivity contribution is 0.444. The van der Waals surface area contributed by atoms with Gasteiger partial charge >= 0.3 is 0 Å². The first kappa shape index (κ1) is 30.0. The van der Waals surface area contributed by atoms with Gasteiger partial charge in [-0.05, 0) is 132 Å². The first-order valence-electron chi connectivity index (χ1n) is 17.2. The topological polar surface area (TPSA) is 37.6 Å². The van der Waals surface area contributed by atoms with Gasteiger partial charge < -0.3 is 0 Å². The predicted molar refractivity (Wildman–Crippen MR) is 183 cm³/mol. The highest BCUT2D eigenvalue weighted by atomic mass is 14.9. The summed E-state index contributed by atoms with van der Waals surface area (Å²) < 4.78 is 0. The molecule has 1 aromatic heterocycles. The van der Waals surface area contributed by atoms with Gasteiger partial charge in [0.25, 0.3) is 0 Å². The van der Waals surface area contributed by atoms with Crippen molar-refractivity contribution < 1.29 is 0 Å². The van der Waals surface area contributed by atoms with Crippen LogP contribution in [0.25, 0.3) is 0 Å². The smallest absolute Gasteiger partial charge is 0.0884 e. The molecule has 3 aliphatic rings. The van der Waals surface area contributed by atoms with Crippen LogP contribution in [-0.4, -0.2) is 16.4 Å². The fourth-order valence-corrected chi connectivity index (χ4v) is 8.08. The third-order valence-electron chi connectivity index (χ3n) is 10.3. The number of pyridine rings is 1. The molecule has 2 aromatic carbocycles. The average Bonchev–Trinajstić information content (AvgIpc) is 3.22. The van der Waals surface area contributed by atoms with E-state index >= 15 is 0 Å². The van der Waals surface area contributed by atoms with E-state index < -0.39 is 0 Å². The number of fused-ring (bicyclic) bond motifs is 1. The summed E-state index contributed by atoms with van der Waals surface area (Å²) in [6, 6.07) is 14.0. The molecule has 0 bridgehead atoms. The summed E-state index contributed by atoms with van der Waals surface area (Å²) in [4.78, 5) is 16.2. The fourth-order valence-electron chi connectivity index (χ4n) is 8.08. The number of hydrogen-bond donors (Lipinski definition) is 0. The number of benzene rings is 2. The summed E-state index contributed by atoms with van der Waals surface area (Å²) in [7, 11) is 0. The summed E-state index contributed by atoms with van der Waals surface area (Å²) in [5, 5.41) is 0. The zero-order chi connectivity index (χ0) is 29.9. The monoisotopic (exact) mass is 573 g/mol. The first-order valence-corrected chi connectivity index (χ1v) is 17.2. The van der Waals surface area contributed by atoms with Crippen LogP contribution in [0.3, 0.4) is 0 Å². The number of aromatic nitrogens is 1. The van der Waals surface area contributed by atoms with E-state index in [1.807, 2.05) is 0 Å². The number of nitrogens with zero attached hydrogens (tertiary/aromatic N) is 3. The van der Waals surface area contributed by atoms with Gasteiger partial charge in [0.05, 0.1) is 34.2 Å². The Morgan fingerprint density at radius 2 is 1.21 bits per heavy atom. The van der Waals surface area contributed by atoms with Gasteiger partial charge in [-0.25, -0.2) is 4.98 Å². The van der Waals surface area contributed by atoms with Crippen LogP contribution in [0.2, 0.25) is 0 Å². The molecule has 0 saturated heterocycles. The molecule has 0 radical (unpaired) electrons. The lowest BCUT2D eigenvalue weighted by Gasteiger charge is -2.25. The van der Waals surface area contributed by atoms with Crippen LogP contribution in [0.1, 0.15) is 153 Å². The van der Waals surface area contributed by atoms with Crippen LogP contribution in [0.15, 0.2) is 46.4 Å². The van der Waals surface area contributed by atoms with Crippen LogP contribution >= 0.6 is 0 Å². The molecule has 0 aliphatic heterocycles. The standard InChI is InChI=1S/C40H51N3/c1-26-22-28(3)38(34(24-26)31-14-8-6-9-15-31)41-30(5)36-21-20-33-18-12-13-19-37(40(33)42-36)43-39-29(4)23-27(2)25-35(39)32-16-10-7-11-17-32/h20-25,31-32H,6-19H2,1-5H3. The zero-order valence-corrected chi connectivity index (χ0v) is 27.4. The third kappa shape index (κ3) is 6.71. The number of aliphatic imine (C=N–C) groups is 2. The Bertz CT molecular complexity index is 1530. The zero-order valence-electron chi connectivity index (χ0n) is 27.4. The molecule has 0 atom stereocenters. The van der Waals surface area contributed by atoms with Crippen LogP contribution in [0.4, 0.5) is 11.4 Å². The van der Waals surface area contributed by atoms with Gasteiger partial charge in [-0.2, -0.15) is 0 Å². The highest BCUT2D eigenvalue weighted by molar-refractivity contribution is 6.04. The molecule has 0 unspecified atom stereocenters. The molecule has 3 heteroatoms. The minimum absolute atomic E-state index is 0.619. The Labute approximate surface area is 260 Å². The molecule has 3 aliphatic carbocycles. The van der Waals surface area contributed by atoms with Gasteiger partial charge in [-0.15, -0.1) is 0 Å². The number of hydrogen-bond acceptors (Lipinski definition) is 3. The second-order valence-corrected chi connectivity index (χ2v) is 13.9. The third-order valence-corrected chi connectivity index (χ3v) is 10.3. The minimum Gasteiger partial charge on any atom is -0.251 e. The summed E-state index contributed by atoms with van der Waals surface area (Å²) in [6.45, 7) is 11.1. The molecule has 6 rings (SSSR count). The summed E-state index contributed by atoms with van der Waals surface area (Å²) >= 11 is 0. The number of rotatable bonds is 5. The lowest BCUT2D eigenvalue weighted by Crippen LogP contribution is -2.11. The Morgan fingerprint density at radius 3 is 1.84 bits per heavy atom. The van der Waals surface area contributed by atoms with Gasteiger partial charge in [-0.3, -0.25) is 9.98 Å². The van der Waals surface area contributed by atoms with Crippen molar-refractivity contribution in [1.82, 2.24) is 4.98 Å². The van der Waals surface area contributed by atoms with E-state index in [1.165, 1.54) is 127 Å². The van der Waals surface area contributed by atoms with Crippen molar-refractivity contribution in [2.75, 3.05) is 0 Å². The molecule has 0 amide bonds. The number of aryl methyl sites for hydroxylation is 5. The van der Waals surface area contributed by atoms with E-state index in [0.717, 1.165) is 36.4 Å². The molecule has 3 aromatic rings. The quantitative estimate of drug-likeness (QED) is 0.221. The van der Waals surface area contributed by atoms with Crippen molar-refractivity contribution in [3.05, 3.63) is 86.7 Å². The van der Waals surface area contributed by atoms with Crippen molar-refractivity contribution in [3.8, 4) is 0 Å². The molecule has 2 fully saturated rings. The van der Waals surface area contributed by atoms with Crippen LogP contribution < -0.4 is 0 Å². The molecule has 226 valence electrons. The normalized spacial score (nSPS) is 19.8. The molecule has 0 N–H and O–H groups in total. The minimum atomic E-state index is 0.619. The highest BCUT2D eigenvalue weighted by Crippen LogP contribution is 2.42. The molecule has 0 spiro atoms. The molecular weight excluding hydrogens is 522 g/mol. The van der Waals surface area contributed by atoms with Crippen molar-refractivity contribution in [2.45, 2.75) is 136 Å². The molecular formula is C40H51N3. The van der Waals surface area contributed by atoms with E-state index in [9.17, 15) is 0 Å². The Morgan fingerprint density at radius 1 is 0.651 bits per heavy atom. The van der Waals surface area contributed by atoms with Crippen LogP contribution in [0, 0.1) is 27.7 Å². The maximum absolute atomic E-state index is 5.53.